The fraction of sp³-hybridized carbons (Fsp3) is 0.167. The summed E-state index contributed by atoms with van der Waals surface area (Å²) < 4.78 is 5.39. The molecular formula is C12H15N3O2. The van der Waals surface area contributed by atoms with Gasteiger partial charge in [0.05, 0.1) is 6.10 Å². The van der Waals surface area contributed by atoms with E-state index >= 15 is 0 Å². The average molecular weight is 233 g/mol. The maximum absolute atomic E-state index is 9.59. The zero-order valence-electron chi connectivity index (χ0n) is 9.41. The molecule has 0 aliphatic heterocycles. The van der Waals surface area contributed by atoms with E-state index in [2.05, 4.69) is 23.5 Å². The fourth-order valence-electron chi connectivity index (χ4n) is 1.21. The van der Waals surface area contributed by atoms with Gasteiger partial charge in [-0.15, -0.1) is 5.10 Å². The van der Waals surface area contributed by atoms with Crippen LogP contribution in [0.15, 0.2) is 47.1 Å². The summed E-state index contributed by atoms with van der Waals surface area (Å²) in [5.74, 6) is 0.761. The predicted octanol–water partition coefficient (Wildman–Crippen LogP) is 1.26. The van der Waals surface area contributed by atoms with Crippen molar-refractivity contribution >= 4 is 12.6 Å². The van der Waals surface area contributed by atoms with E-state index in [0.29, 0.717) is 11.3 Å². The van der Waals surface area contributed by atoms with Crippen molar-refractivity contribution in [1.82, 2.24) is 0 Å². The molecule has 17 heavy (non-hydrogen) atoms. The van der Waals surface area contributed by atoms with Gasteiger partial charge in [-0.25, -0.2) is 0 Å². The predicted molar refractivity (Wildman–Crippen MR) is 68.3 cm³/mol. The highest BCUT2D eigenvalue weighted by atomic mass is 16.5. The highest BCUT2D eigenvalue weighted by Crippen LogP contribution is 2.19. The number of benzene rings is 1. The van der Waals surface area contributed by atoms with Crippen molar-refractivity contribution in [1.29, 1.82) is 0 Å². The third-order valence-electron chi connectivity index (χ3n) is 2.03. The number of hydrogen-bond acceptors (Lipinski definition) is 5. The van der Waals surface area contributed by atoms with E-state index in [1.54, 1.807) is 24.3 Å². The minimum absolute atomic E-state index is 0.153. The van der Waals surface area contributed by atoms with Crippen molar-refractivity contribution in [3.05, 3.63) is 42.5 Å². The minimum atomic E-state index is -0.708. The third-order valence-corrected chi connectivity index (χ3v) is 2.03. The Hall–Kier alpha value is -1.98. The topological polar surface area (TPSA) is 80.2 Å². The Balaban J connectivity index is 2.88. The Morgan fingerprint density at radius 1 is 1.59 bits per heavy atom. The highest BCUT2D eigenvalue weighted by molar-refractivity contribution is 5.88. The second-order valence-electron chi connectivity index (χ2n) is 3.21. The maximum Gasteiger partial charge on any atom is 0.238 e. The molecule has 0 aliphatic rings. The van der Waals surface area contributed by atoms with Gasteiger partial charge in [-0.05, 0) is 23.8 Å². The molecule has 0 amide bonds. The Bertz CT molecular complexity index is 430. The first-order valence-corrected chi connectivity index (χ1v) is 5.03. The van der Waals surface area contributed by atoms with Crippen LogP contribution in [0.5, 0.6) is 5.75 Å². The summed E-state index contributed by atoms with van der Waals surface area (Å²) in [6, 6.07) is 6.93. The molecule has 0 spiro atoms. The molecule has 5 nitrogen and oxygen atoms in total. The van der Waals surface area contributed by atoms with Crippen LogP contribution in [0.1, 0.15) is 11.7 Å². The highest BCUT2D eigenvalue weighted by Gasteiger charge is 2.06. The fourth-order valence-corrected chi connectivity index (χ4v) is 1.21. The van der Waals surface area contributed by atoms with Crippen LogP contribution < -0.4 is 10.5 Å². The van der Waals surface area contributed by atoms with E-state index in [-0.39, 0.29) is 12.4 Å². The average Bonchev–Trinajstić information content (AvgIpc) is 2.37. The number of aliphatic hydroxyl groups excluding tert-OH is 1. The van der Waals surface area contributed by atoms with Crippen LogP contribution in [0.2, 0.25) is 0 Å². The van der Waals surface area contributed by atoms with Crippen molar-refractivity contribution in [2.75, 3.05) is 6.54 Å². The van der Waals surface area contributed by atoms with Crippen LogP contribution in [-0.2, 0) is 0 Å². The van der Waals surface area contributed by atoms with Crippen molar-refractivity contribution in [3.63, 3.8) is 0 Å². The van der Waals surface area contributed by atoms with Gasteiger partial charge in [0.1, 0.15) is 5.75 Å². The van der Waals surface area contributed by atoms with Crippen LogP contribution in [0, 0.1) is 0 Å². The van der Waals surface area contributed by atoms with Crippen molar-refractivity contribution in [2.24, 2.45) is 15.9 Å². The quantitative estimate of drug-likeness (QED) is 0.456. The van der Waals surface area contributed by atoms with E-state index in [1.807, 2.05) is 0 Å². The Kier molecular flexibility index (Phi) is 5.06. The molecule has 0 bridgehead atoms. The van der Waals surface area contributed by atoms with Gasteiger partial charge in [-0.1, -0.05) is 18.7 Å². The number of hydrogen-bond donors (Lipinski definition) is 2. The van der Waals surface area contributed by atoms with Crippen molar-refractivity contribution in [2.45, 2.75) is 6.10 Å². The molecule has 1 atom stereocenters. The first-order chi connectivity index (χ1) is 8.21. The molecule has 90 valence electrons. The normalized spacial score (nSPS) is 12.9. The number of rotatable bonds is 5. The van der Waals surface area contributed by atoms with E-state index in [9.17, 15) is 5.11 Å². The van der Waals surface area contributed by atoms with E-state index < -0.39 is 6.10 Å². The summed E-state index contributed by atoms with van der Waals surface area (Å²) in [6.45, 7) is 6.92. The summed E-state index contributed by atoms with van der Waals surface area (Å²) in [7, 11) is 0. The van der Waals surface area contributed by atoms with Gasteiger partial charge in [0, 0.05) is 13.3 Å². The molecule has 0 aromatic heterocycles. The summed E-state index contributed by atoms with van der Waals surface area (Å²) >= 11 is 0. The monoisotopic (exact) mass is 233 g/mol. The SMILES string of the molecule is C=C/C(=N\N=C)Oc1cccc(C(O)CN)c1. The molecule has 1 unspecified atom stereocenters. The van der Waals surface area contributed by atoms with Crippen LogP contribution in [-0.4, -0.2) is 24.3 Å². The first-order valence-electron chi connectivity index (χ1n) is 5.03. The lowest BCUT2D eigenvalue weighted by Gasteiger charge is -2.10. The zero-order chi connectivity index (χ0) is 12.7. The lowest BCUT2D eigenvalue weighted by Crippen LogP contribution is -2.12. The molecule has 3 N–H and O–H groups in total. The van der Waals surface area contributed by atoms with Crippen LogP contribution >= 0.6 is 0 Å². The lowest BCUT2D eigenvalue weighted by atomic mass is 10.1. The van der Waals surface area contributed by atoms with Gasteiger partial charge in [-0.3, -0.25) is 0 Å². The molecule has 1 aromatic rings. The molecule has 0 fully saturated rings. The van der Waals surface area contributed by atoms with Crippen molar-refractivity contribution in [3.8, 4) is 5.75 Å². The van der Waals surface area contributed by atoms with Gasteiger partial charge in [0.15, 0.2) is 0 Å². The lowest BCUT2D eigenvalue weighted by molar-refractivity contribution is 0.186. The molecule has 1 rings (SSSR count). The summed E-state index contributed by atoms with van der Waals surface area (Å²) in [5, 5.41) is 16.6. The van der Waals surface area contributed by atoms with Crippen LogP contribution in [0.3, 0.4) is 0 Å². The number of nitrogens with two attached hydrogens (primary N) is 1. The van der Waals surface area contributed by atoms with Gasteiger partial charge < -0.3 is 15.6 Å². The van der Waals surface area contributed by atoms with Gasteiger partial charge in [0.25, 0.3) is 0 Å². The molecule has 0 radical (unpaired) electrons. The number of nitrogens with zero attached hydrogens (tertiary/aromatic N) is 2. The molecule has 0 saturated heterocycles. The van der Waals surface area contributed by atoms with E-state index in [4.69, 9.17) is 10.5 Å². The number of aliphatic hydroxyl groups is 1. The standard InChI is InChI=1S/C12H15N3O2/c1-3-12(15-14-2)17-10-6-4-5-9(7-10)11(16)8-13/h3-7,11,16H,1-2,8,13H2/b15-12+. The Morgan fingerprint density at radius 2 is 2.35 bits per heavy atom. The Morgan fingerprint density at radius 3 is 2.94 bits per heavy atom. The second-order valence-corrected chi connectivity index (χ2v) is 3.21. The molecule has 5 heteroatoms. The van der Waals surface area contributed by atoms with E-state index in [0.717, 1.165) is 0 Å². The maximum atomic E-state index is 9.59. The smallest absolute Gasteiger partial charge is 0.238 e. The molecule has 0 heterocycles. The van der Waals surface area contributed by atoms with Gasteiger partial charge in [-0.2, -0.15) is 5.10 Å². The van der Waals surface area contributed by atoms with Gasteiger partial charge >= 0.3 is 0 Å². The van der Waals surface area contributed by atoms with Crippen LogP contribution in [0.25, 0.3) is 0 Å². The summed E-state index contributed by atoms with van der Waals surface area (Å²) in [5.41, 5.74) is 6.06. The number of ether oxygens (including phenoxy) is 1. The molecular weight excluding hydrogens is 218 g/mol. The first kappa shape index (κ1) is 13.1. The summed E-state index contributed by atoms with van der Waals surface area (Å²) in [4.78, 5) is 0. The minimum Gasteiger partial charge on any atom is -0.438 e. The van der Waals surface area contributed by atoms with E-state index in [1.165, 1.54) is 6.08 Å². The van der Waals surface area contributed by atoms with Crippen molar-refractivity contribution < 1.29 is 9.84 Å². The zero-order valence-corrected chi connectivity index (χ0v) is 9.41. The van der Waals surface area contributed by atoms with Crippen LogP contribution in [0.4, 0.5) is 0 Å². The molecule has 0 aliphatic carbocycles. The molecule has 1 aromatic carbocycles. The summed E-state index contributed by atoms with van der Waals surface area (Å²) in [6.07, 6.45) is 0.709. The Labute approximate surface area is 99.9 Å². The molecule has 0 saturated carbocycles. The second kappa shape index (κ2) is 6.57. The largest absolute Gasteiger partial charge is 0.438 e. The van der Waals surface area contributed by atoms with Gasteiger partial charge in [0.2, 0.25) is 5.90 Å². The third kappa shape index (κ3) is 3.82.